The van der Waals surface area contributed by atoms with E-state index in [2.05, 4.69) is 36.5 Å². The largest absolute Gasteiger partial charge is 0.375 e. The first-order valence-electron chi connectivity index (χ1n) is 9.51. The van der Waals surface area contributed by atoms with Gasteiger partial charge in [0.2, 0.25) is 0 Å². The highest BCUT2D eigenvalue weighted by molar-refractivity contribution is 14.0. The molecule has 1 heterocycles. The SMILES string of the molecule is CCNC(=NCC1CCCCC1C)N(C)Cc1csc(C(C)OC)n1.I. The minimum atomic E-state index is 0. The van der Waals surface area contributed by atoms with Crippen LogP contribution in [0.1, 0.15) is 63.3 Å². The van der Waals surface area contributed by atoms with Gasteiger partial charge in [0.15, 0.2) is 5.96 Å². The molecule has 26 heavy (non-hydrogen) atoms. The van der Waals surface area contributed by atoms with Gasteiger partial charge >= 0.3 is 0 Å². The van der Waals surface area contributed by atoms with Crippen molar-refractivity contribution in [2.75, 3.05) is 27.2 Å². The Kier molecular flexibility index (Phi) is 11.0. The number of nitrogens with one attached hydrogen (secondary N) is 1. The molecule has 150 valence electrons. The van der Waals surface area contributed by atoms with E-state index < -0.39 is 0 Å². The number of aromatic nitrogens is 1. The Bertz CT molecular complexity index is 551. The molecule has 2 rings (SSSR count). The van der Waals surface area contributed by atoms with Gasteiger partial charge < -0.3 is 15.0 Å². The first-order chi connectivity index (χ1) is 12.0. The lowest BCUT2D eigenvalue weighted by Crippen LogP contribution is -2.39. The summed E-state index contributed by atoms with van der Waals surface area (Å²) in [5.74, 6) is 2.50. The second-order valence-electron chi connectivity index (χ2n) is 7.13. The maximum Gasteiger partial charge on any atom is 0.194 e. The van der Waals surface area contributed by atoms with E-state index in [0.717, 1.165) is 48.1 Å². The average Bonchev–Trinajstić information content (AvgIpc) is 3.07. The Morgan fingerprint density at radius 2 is 2.19 bits per heavy atom. The van der Waals surface area contributed by atoms with Gasteiger partial charge in [0.25, 0.3) is 0 Å². The van der Waals surface area contributed by atoms with Gasteiger partial charge in [-0.25, -0.2) is 4.98 Å². The number of hydrogen-bond donors (Lipinski definition) is 1. The molecule has 3 atom stereocenters. The molecular formula is C19H35IN4OS. The molecule has 0 aliphatic heterocycles. The van der Waals surface area contributed by atoms with Crippen molar-refractivity contribution in [3.63, 3.8) is 0 Å². The van der Waals surface area contributed by atoms with E-state index >= 15 is 0 Å². The number of rotatable bonds is 7. The maximum absolute atomic E-state index is 5.35. The molecule has 3 unspecified atom stereocenters. The predicted molar refractivity (Wildman–Crippen MR) is 122 cm³/mol. The monoisotopic (exact) mass is 494 g/mol. The van der Waals surface area contributed by atoms with Gasteiger partial charge in [-0.3, -0.25) is 4.99 Å². The summed E-state index contributed by atoms with van der Waals surface area (Å²) in [6.07, 6.45) is 5.46. The Hall–Kier alpha value is -0.410. The molecule has 0 bridgehead atoms. The average molecular weight is 494 g/mol. The van der Waals surface area contributed by atoms with Gasteiger partial charge in [-0.15, -0.1) is 35.3 Å². The number of methoxy groups -OCH3 is 1. The van der Waals surface area contributed by atoms with Crippen molar-refractivity contribution in [3.05, 3.63) is 16.1 Å². The third kappa shape index (κ3) is 6.96. The summed E-state index contributed by atoms with van der Waals surface area (Å²) >= 11 is 1.66. The van der Waals surface area contributed by atoms with Crippen molar-refractivity contribution < 1.29 is 4.74 Å². The lowest BCUT2D eigenvalue weighted by atomic mass is 9.80. The van der Waals surface area contributed by atoms with E-state index in [1.54, 1.807) is 18.4 Å². The van der Waals surface area contributed by atoms with E-state index in [1.165, 1.54) is 25.7 Å². The summed E-state index contributed by atoms with van der Waals surface area (Å²) in [7, 11) is 3.81. The third-order valence-corrected chi connectivity index (χ3v) is 6.19. The standard InChI is InChI=1S/C19H34N4OS.HI/c1-6-20-19(21-11-16-10-8-7-9-14(16)2)23(4)12-17-13-25-18(22-17)15(3)24-5;/h13-16H,6-12H2,1-5H3,(H,20,21);1H. The number of hydrogen-bond acceptors (Lipinski definition) is 4. The topological polar surface area (TPSA) is 49.8 Å². The third-order valence-electron chi connectivity index (χ3n) is 5.13. The smallest absolute Gasteiger partial charge is 0.194 e. The maximum atomic E-state index is 5.35. The van der Waals surface area contributed by atoms with Crippen molar-refractivity contribution >= 4 is 41.3 Å². The van der Waals surface area contributed by atoms with E-state index in [4.69, 9.17) is 14.7 Å². The Labute approximate surface area is 180 Å². The zero-order valence-electron chi connectivity index (χ0n) is 16.8. The van der Waals surface area contributed by atoms with Crippen LogP contribution in [0.2, 0.25) is 0 Å². The number of thiazole rings is 1. The van der Waals surface area contributed by atoms with Gasteiger partial charge in [0.05, 0.1) is 12.2 Å². The molecule has 1 aliphatic rings. The fraction of sp³-hybridized carbons (Fsp3) is 0.789. The molecule has 0 aromatic carbocycles. The van der Waals surface area contributed by atoms with Crippen molar-refractivity contribution in [3.8, 4) is 0 Å². The molecule has 1 saturated carbocycles. The highest BCUT2D eigenvalue weighted by Crippen LogP contribution is 2.29. The predicted octanol–water partition coefficient (Wildman–Crippen LogP) is 4.69. The van der Waals surface area contributed by atoms with Crippen molar-refractivity contribution in [2.24, 2.45) is 16.8 Å². The van der Waals surface area contributed by atoms with E-state index in [9.17, 15) is 0 Å². The first kappa shape index (κ1) is 23.6. The summed E-state index contributed by atoms with van der Waals surface area (Å²) in [5.41, 5.74) is 1.07. The molecule has 7 heteroatoms. The summed E-state index contributed by atoms with van der Waals surface area (Å²) < 4.78 is 5.35. The molecular weight excluding hydrogens is 459 g/mol. The second kappa shape index (κ2) is 12.1. The summed E-state index contributed by atoms with van der Waals surface area (Å²) in [6, 6.07) is 0. The molecule has 0 radical (unpaired) electrons. The molecule has 0 spiro atoms. The van der Waals surface area contributed by atoms with E-state index in [1.807, 2.05) is 6.92 Å². The molecule has 0 saturated heterocycles. The molecule has 0 amide bonds. The molecule has 1 aromatic heterocycles. The van der Waals surface area contributed by atoms with Crippen LogP contribution >= 0.6 is 35.3 Å². The number of halogens is 1. The molecule has 1 N–H and O–H groups in total. The van der Waals surface area contributed by atoms with Crippen LogP contribution in [0.25, 0.3) is 0 Å². The highest BCUT2D eigenvalue weighted by Gasteiger charge is 2.21. The van der Waals surface area contributed by atoms with Gasteiger partial charge in [-0.2, -0.15) is 0 Å². The van der Waals surface area contributed by atoms with Crippen LogP contribution in [0.4, 0.5) is 0 Å². The van der Waals surface area contributed by atoms with Crippen LogP contribution in [0.15, 0.2) is 10.4 Å². The van der Waals surface area contributed by atoms with Crippen LogP contribution in [-0.2, 0) is 11.3 Å². The van der Waals surface area contributed by atoms with E-state index in [0.29, 0.717) is 0 Å². The van der Waals surface area contributed by atoms with Crippen LogP contribution < -0.4 is 5.32 Å². The second-order valence-corrected chi connectivity index (χ2v) is 8.02. The Balaban J connectivity index is 0.00000338. The normalized spacial score (nSPS) is 21.8. The van der Waals surface area contributed by atoms with Crippen LogP contribution in [-0.4, -0.2) is 43.1 Å². The summed E-state index contributed by atoms with van der Waals surface area (Å²) in [4.78, 5) is 11.8. The Morgan fingerprint density at radius 1 is 1.46 bits per heavy atom. The molecule has 1 aliphatic carbocycles. The van der Waals surface area contributed by atoms with Crippen LogP contribution in [0.3, 0.4) is 0 Å². The zero-order chi connectivity index (χ0) is 18.2. The fourth-order valence-corrected chi connectivity index (χ4v) is 4.18. The minimum Gasteiger partial charge on any atom is -0.375 e. The number of nitrogens with zero attached hydrogens (tertiary/aromatic N) is 3. The van der Waals surface area contributed by atoms with Crippen LogP contribution in [0, 0.1) is 11.8 Å². The Morgan fingerprint density at radius 3 is 2.85 bits per heavy atom. The van der Waals surface area contributed by atoms with Gasteiger partial charge in [-0.05, 0) is 32.1 Å². The van der Waals surface area contributed by atoms with Gasteiger partial charge in [0, 0.05) is 32.6 Å². The van der Waals surface area contributed by atoms with Gasteiger partial charge in [-0.1, -0.05) is 26.2 Å². The first-order valence-corrected chi connectivity index (χ1v) is 10.4. The quantitative estimate of drug-likeness (QED) is 0.340. The van der Waals surface area contributed by atoms with E-state index in [-0.39, 0.29) is 30.1 Å². The van der Waals surface area contributed by atoms with Gasteiger partial charge in [0.1, 0.15) is 11.1 Å². The van der Waals surface area contributed by atoms with Crippen molar-refractivity contribution in [2.45, 2.75) is 59.1 Å². The molecule has 1 aromatic rings. The van der Waals surface area contributed by atoms with Crippen molar-refractivity contribution in [1.29, 1.82) is 0 Å². The molecule has 5 nitrogen and oxygen atoms in total. The number of guanidine groups is 1. The zero-order valence-corrected chi connectivity index (χ0v) is 20.0. The van der Waals surface area contributed by atoms with Crippen LogP contribution in [0.5, 0.6) is 0 Å². The minimum absolute atomic E-state index is 0. The highest BCUT2D eigenvalue weighted by atomic mass is 127. The molecule has 1 fully saturated rings. The lowest BCUT2D eigenvalue weighted by Gasteiger charge is -2.28. The summed E-state index contributed by atoms with van der Waals surface area (Å²) in [6.45, 7) is 9.10. The number of aliphatic imine (C=N–C) groups is 1. The number of ether oxygens (including phenoxy) is 1. The summed E-state index contributed by atoms with van der Waals surface area (Å²) in [5, 5.41) is 6.58. The fourth-order valence-electron chi connectivity index (χ4n) is 3.34. The lowest BCUT2D eigenvalue weighted by molar-refractivity contribution is 0.119. The van der Waals surface area contributed by atoms with Crippen molar-refractivity contribution in [1.82, 2.24) is 15.2 Å².